The number of piperidine rings is 1. The van der Waals surface area contributed by atoms with Gasteiger partial charge in [-0.15, -0.1) is 0 Å². The second kappa shape index (κ2) is 7.61. The van der Waals surface area contributed by atoms with E-state index < -0.39 is 17.8 Å². The van der Waals surface area contributed by atoms with Crippen LogP contribution < -0.4 is 0 Å². The quantitative estimate of drug-likeness (QED) is 0.799. The molecule has 22 heavy (non-hydrogen) atoms. The molecule has 0 unspecified atom stereocenters. The van der Waals surface area contributed by atoms with E-state index in [0.29, 0.717) is 45.4 Å². The molecule has 1 N–H and O–H groups in total. The molecule has 2 rings (SSSR count). The average molecular weight is 311 g/mol. The molecule has 1 saturated heterocycles. The van der Waals surface area contributed by atoms with Gasteiger partial charge in [-0.05, 0) is 32.6 Å². The zero-order valence-corrected chi connectivity index (χ0v) is 13.1. The lowest BCUT2D eigenvalue weighted by molar-refractivity contribution is -0.155. The molecule has 0 aromatic rings. The average Bonchev–Trinajstić information content (AvgIpc) is 2.54. The van der Waals surface area contributed by atoms with Crippen LogP contribution in [0.15, 0.2) is 0 Å². The van der Waals surface area contributed by atoms with Crippen LogP contribution in [-0.2, 0) is 19.1 Å². The van der Waals surface area contributed by atoms with Crippen LogP contribution in [0.25, 0.3) is 0 Å². The number of rotatable bonds is 4. The largest absolute Gasteiger partial charge is 0.481 e. The SMILES string of the molecule is CCOC(=O)C1CCN(C(=O)[C@@H]2CCCC[C@@H]2C(=O)O)CC1. The van der Waals surface area contributed by atoms with Crippen molar-refractivity contribution in [3.05, 3.63) is 0 Å². The second-order valence-electron chi connectivity index (χ2n) is 6.19. The Bertz CT molecular complexity index is 428. The van der Waals surface area contributed by atoms with Gasteiger partial charge in [0.2, 0.25) is 5.91 Å². The van der Waals surface area contributed by atoms with Crippen molar-refractivity contribution in [3.63, 3.8) is 0 Å². The number of ether oxygens (including phenoxy) is 1. The first-order valence-corrected chi connectivity index (χ1v) is 8.22. The first-order valence-electron chi connectivity index (χ1n) is 8.22. The Labute approximate surface area is 130 Å². The van der Waals surface area contributed by atoms with Crippen molar-refractivity contribution in [1.29, 1.82) is 0 Å². The molecular weight excluding hydrogens is 286 g/mol. The van der Waals surface area contributed by atoms with Gasteiger partial charge in [-0.1, -0.05) is 12.8 Å². The van der Waals surface area contributed by atoms with Crippen molar-refractivity contribution in [1.82, 2.24) is 4.90 Å². The van der Waals surface area contributed by atoms with E-state index in [1.165, 1.54) is 0 Å². The Hall–Kier alpha value is -1.59. The number of hydrogen-bond acceptors (Lipinski definition) is 4. The molecule has 1 heterocycles. The summed E-state index contributed by atoms with van der Waals surface area (Å²) in [5.41, 5.74) is 0. The van der Waals surface area contributed by atoms with Crippen molar-refractivity contribution in [2.45, 2.75) is 45.4 Å². The molecule has 0 radical (unpaired) electrons. The molecule has 2 aliphatic rings. The van der Waals surface area contributed by atoms with E-state index >= 15 is 0 Å². The van der Waals surface area contributed by atoms with Crippen molar-refractivity contribution in [2.24, 2.45) is 17.8 Å². The summed E-state index contributed by atoms with van der Waals surface area (Å²) >= 11 is 0. The van der Waals surface area contributed by atoms with Crippen molar-refractivity contribution in [3.8, 4) is 0 Å². The maximum Gasteiger partial charge on any atom is 0.309 e. The number of carboxylic acid groups (broad SMARTS) is 1. The summed E-state index contributed by atoms with van der Waals surface area (Å²) in [6.07, 6.45) is 4.26. The molecule has 1 amide bonds. The predicted octanol–water partition coefficient (Wildman–Crippen LogP) is 1.68. The normalized spacial score (nSPS) is 26.5. The lowest BCUT2D eigenvalue weighted by Crippen LogP contribution is -2.46. The van der Waals surface area contributed by atoms with Crippen LogP contribution in [0.1, 0.15) is 45.4 Å². The fourth-order valence-corrected chi connectivity index (χ4v) is 3.55. The van der Waals surface area contributed by atoms with E-state index in [1.54, 1.807) is 11.8 Å². The molecule has 2 fully saturated rings. The molecular formula is C16H25NO5. The number of esters is 1. The lowest BCUT2D eigenvalue weighted by Gasteiger charge is -2.36. The van der Waals surface area contributed by atoms with E-state index in [4.69, 9.17) is 4.74 Å². The molecule has 6 nitrogen and oxygen atoms in total. The van der Waals surface area contributed by atoms with E-state index in [9.17, 15) is 19.5 Å². The number of amides is 1. The van der Waals surface area contributed by atoms with Crippen LogP contribution in [0, 0.1) is 17.8 Å². The number of carbonyl (C=O) groups is 3. The highest BCUT2D eigenvalue weighted by Crippen LogP contribution is 2.33. The number of carbonyl (C=O) groups excluding carboxylic acids is 2. The van der Waals surface area contributed by atoms with Gasteiger partial charge in [-0.2, -0.15) is 0 Å². The standard InChI is InChI=1S/C16H25NO5/c1-2-22-16(21)11-7-9-17(10-8-11)14(18)12-5-3-4-6-13(12)15(19)20/h11-13H,2-10H2,1H3,(H,19,20)/t12-,13+/m1/s1. The van der Waals surface area contributed by atoms with Crippen LogP contribution >= 0.6 is 0 Å². The third kappa shape index (κ3) is 3.78. The number of likely N-dealkylation sites (tertiary alicyclic amines) is 1. The highest BCUT2D eigenvalue weighted by molar-refractivity contribution is 5.85. The number of hydrogen-bond donors (Lipinski definition) is 1. The van der Waals surface area contributed by atoms with Crippen LogP contribution in [0.2, 0.25) is 0 Å². The summed E-state index contributed by atoms with van der Waals surface area (Å²) in [6, 6.07) is 0. The molecule has 0 aromatic heterocycles. The number of carboxylic acids is 1. The maximum atomic E-state index is 12.6. The predicted molar refractivity (Wildman–Crippen MR) is 79.0 cm³/mol. The number of aliphatic carboxylic acids is 1. The van der Waals surface area contributed by atoms with Gasteiger partial charge in [0.15, 0.2) is 0 Å². The molecule has 1 aliphatic heterocycles. The van der Waals surface area contributed by atoms with E-state index in [0.717, 1.165) is 12.8 Å². The molecule has 1 aliphatic carbocycles. The van der Waals surface area contributed by atoms with Gasteiger partial charge in [0, 0.05) is 13.1 Å². The molecule has 124 valence electrons. The third-order valence-corrected chi connectivity index (χ3v) is 4.83. The highest BCUT2D eigenvalue weighted by Gasteiger charge is 2.39. The minimum absolute atomic E-state index is 0.0468. The molecule has 2 atom stereocenters. The monoisotopic (exact) mass is 311 g/mol. The fourth-order valence-electron chi connectivity index (χ4n) is 3.55. The molecule has 0 aromatic carbocycles. The van der Waals surface area contributed by atoms with Crippen LogP contribution in [0.3, 0.4) is 0 Å². The Morgan fingerprint density at radius 1 is 1.05 bits per heavy atom. The highest BCUT2D eigenvalue weighted by atomic mass is 16.5. The fraction of sp³-hybridized carbons (Fsp3) is 0.812. The smallest absolute Gasteiger partial charge is 0.309 e. The summed E-state index contributed by atoms with van der Waals surface area (Å²) in [5, 5.41) is 9.30. The minimum atomic E-state index is -0.862. The molecule has 0 bridgehead atoms. The van der Waals surface area contributed by atoms with Gasteiger partial charge in [-0.25, -0.2) is 0 Å². The molecule has 1 saturated carbocycles. The zero-order chi connectivity index (χ0) is 16.1. The van der Waals surface area contributed by atoms with Crippen LogP contribution in [0.4, 0.5) is 0 Å². The van der Waals surface area contributed by atoms with Gasteiger partial charge in [0.25, 0.3) is 0 Å². The summed E-state index contributed by atoms with van der Waals surface area (Å²) in [7, 11) is 0. The second-order valence-corrected chi connectivity index (χ2v) is 6.19. The first kappa shape index (κ1) is 16.8. The van der Waals surface area contributed by atoms with E-state index in [-0.39, 0.29) is 17.8 Å². The van der Waals surface area contributed by atoms with Gasteiger partial charge >= 0.3 is 11.9 Å². The van der Waals surface area contributed by atoms with Crippen molar-refractivity contribution in [2.75, 3.05) is 19.7 Å². The Balaban J connectivity index is 1.91. The van der Waals surface area contributed by atoms with Gasteiger partial charge in [-0.3, -0.25) is 14.4 Å². The van der Waals surface area contributed by atoms with Crippen molar-refractivity contribution >= 4 is 17.8 Å². The maximum absolute atomic E-state index is 12.6. The Kier molecular flexibility index (Phi) is 5.80. The van der Waals surface area contributed by atoms with E-state index in [1.807, 2.05) is 0 Å². The van der Waals surface area contributed by atoms with Crippen LogP contribution in [0.5, 0.6) is 0 Å². The third-order valence-electron chi connectivity index (χ3n) is 4.83. The molecule has 0 spiro atoms. The number of nitrogens with zero attached hydrogens (tertiary/aromatic N) is 1. The molecule has 6 heteroatoms. The Morgan fingerprint density at radius 2 is 1.64 bits per heavy atom. The minimum Gasteiger partial charge on any atom is -0.481 e. The van der Waals surface area contributed by atoms with Gasteiger partial charge in [0.1, 0.15) is 0 Å². The zero-order valence-electron chi connectivity index (χ0n) is 13.1. The van der Waals surface area contributed by atoms with Crippen molar-refractivity contribution < 1.29 is 24.2 Å². The van der Waals surface area contributed by atoms with E-state index in [2.05, 4.69) is 0 Å². The first-order chi connectivity index (χ1) is 10.5. The summed E-state index contributed by atoms with van der Waals surface area (Å²) in [6.45, 7) is 3.20. The summed E-state index contributed by atoms with van der Waals surface area (Å²) in [5.74, 6) is -2.18. The Morgan fingerprint density at radius 3 is 2.18 bits per heavy atom. The van der Waals surface area contributed by atoms with Crippen LogP contribution in [-0.4, -0.2) is 47.5 Å². The lowest BCUT2D eigenvalue weighted by atomic mass is 9.78. The summed E-state index contributed by atoms with van der Waals surface area (Å²) < 4.78 is 5.02. The van der Waals surface area contributed by atoms with Gasteiger partial charge < -0.3 is 14.7 Å². The van der Waals surface area contributed by atoms with Gasteiger partial charge in [0.05, 0.1) is 24.4 Å². The topological polar surface area (TPSA) is 83.9 Å². The summed E-state index contributed by atoms with van der Waals surface area (Å²) in [4.78, 5) is 37.4.